The Morgan fingerprint density at radius 3 is 1.27 bits per heavy atom. The first-order valence-corrected chi connectivity index (χ1v) is 11.3. The summed E-state index contributed by atoms with van der Waals surface area (Å²) in [6.07, 6.45) is 5.65. The first kappa shape index (κ1) is 30.1. The van der Waals surface area contributed by atoms with Gasteiger partial charge in [-0.1, -0.05) is 12.2 Å². The van der Waals surface area contributed by atoms with Crippen LogP contribution in [-0.4, -0.2) is 36.3 Å². The van der Waals surface area contributed by atoms with Gasteiger partial charge in [0.1, 0.15) is 20.2 Å². The number of thiocarbonyl (C=S) groups is 2. The molecule has 0 aromatic rings. The van der Waals surface area contributed by atoms with Gasteiger partial charge in [-0.2, -0.15) is 9.98 Å². The van der Waals surface area contributed by atoms with Crippen LogP contribution in [0.25, 0.3) is 0 Å². The van der Waals surface area contributed by atoms with Crippen molar-refractivity contribution in [2.45, 2.75) is 25.7 Å². The van der Waals surface area contributed by atoms with Crippen LogP contribution in [0.5, 0.6) is 0 Å². The van der Waals surface area contributed by atoms with Crippen molar-refractivity contribution in [1.82, 2.24) is 0 Å². The van der Waals surface area contributed by atoms with Gasteiger partial charge in [-0.05, 0) is 73.4 Å². The monoisotopic (exact) mass is 502 g/mol. The van der Waals surface area contributed by atoms with Gasteiger partial charge in [0.2, 0.25) is 0 Å². The van der Waals surface area contributed by atoms with E-state index in [4.69, 9.17) is 0 Å². The Labute approximate surface area is 229 Å². The molecular weight excluding hydrogens is 490 g/mol. The van der Waals surface area contributed by atoms with Crippen molar-refractivity contribution in [2.24, 2.45) is 9.98 Å². The minimum atomic E-state index is -5.28. The van der Waals surface area contributed by atoms with Gasteiger partial charge in [0.05, 0.1) is 31.5 Å². The molecule has 0 amide bonds. The average molecular weight is 503 g/mol. The normalized spacial score (nSPS) is 17.1. The topological polar surface area (TPSA) is 139 Å². The third kappa shape index (κ3) is 8.23. The minimum absolute atomic E-state index is 0. The molecular formula is C16H12N2Na2O6S4. The molecule has 0 N–H and O–H groups in total. The molecule has 0 spiro atoms. The SMILES string of the molecule is O=S(=O)([O-])C(C1=CC=C(N=C=S)CC1)=C(C1=CC=C(N=C=S)CC1)S(=O)(=O)[O-].[Na+].[Na+]. The Morgan fingerprint density at radius 2 is 1.07 bits per heavy atom. The van der Waals surface area contributed by atoms with Crippen LogP contribution in [-0.2, 0) is 20.2 Å². The molecule has 14 heteroatoms. The summed E-state index contributed by atoms with van der Waals surface area (Å²) in [5, 5.41) is 4.32. The predicted octanol–water partition coefficient (Wildman–Crippen LogP) is -3.29. The number of aliphatic imine (C=N–C) groups is 2. The second kappa shape index (κ2) is 13.0. The van der Waals surface area contributed by atoms with Crippen molar-refractivity contribution in [3.05, 3.63) is 56.7 Å². The second-order valence-corrected chi connectivity index (χ2v) is 8.67. The third-order valence-electron chi connectivity index (χ3n) is 3.92. The van der Waals surface area contributed by atoms with Crippen LogP contribution in [0.4, 0.5) is 0 Å². The maximum atomic E-state index is 11.9. The van der Waals surface area contributed by atoms with E-state index in [2.05, 4.69) is 44.7 Å². The van der Waals surface area contributed by atoms with E-state index in [0.717, 1.165) is 0 Å². The van der Waals surface area contributed by atoms with E-state index in [1.54, 1.807) is 0 Å². The second-order valence-electron chi connectivity index (χ2n) is 5.67. The van der Waals surface area contributed by atoms with Crippen molar-refractivity contribution in [3.8, 4) is 0 Å². The molecule has 0 saturated heterocycles. The van der Waals surface area contributed by atoms with Gasteiger partial charge in [0, 0.05) is 0 Å². The van der Waals surface area contributed by atoms with E-state index < -0.39 is 30.0 Å². The van der Waals surface area contributed by atoms with Crippen molar-refractivity contribution in [3.63, 3.8) is 0 Å². The molecule has 0 aromatic heterocycles. The summed E-state index contributed by atoms with van der Waals surface area (Å²) in [5.41, 5.74) is 0.798. The van der Waals surface area contributed by atoms with E-state index in [1.807, 2.05) is 0 Å². The molecule has 0 aromatic carbocycles. The molecule has 148 valence electrons. The van der Waals surface area contributed by atoms with Crippen LogP contribution in [0.3, 0.4) is 0 Å². The van der Waals surface area contributed by atoms with E-state index in [1.165, 1.54) is 24.3 Å². The maximum absolute atomic E-state index is 11.9. The first-order chi connectivity index (χ1) is 13.1. The molecule has 0 aliphatic heterocycles. The van der Waals surface area contributed by atoms with Gasteiger partial charge in [-0.15, -0.1) is 0 Å². The minimum Gasteiger partial charge on any atom is -0.744 e. The molecule has 0 bridgehead atoms. The number of rotatable bonds is 6. The molecule has 2 rings (SSSR count). The predicted molar refractivity (Wildman–Crippen MR) is 107 cm³/mol. The Balaban J connectivity index is 0.00000420. The number of hydrogen-bond acceptors (Lipinski definition) is 10. The Kier molecular flexibility index (Phi) is 13.0. The summed E-state index contributed by atoms with van der Waals surface area (Å²) in [6.45, 7) is 0. The van der Waals surface area contributed by atoms with Gasteiger partial charge in [-0.3, -0.25) is 0 Å². The van der Waals surface area contributed by atoms with Crippen molar-refractivity contribution < 1.29 is 85.1 Å². The summed E-state index contributed by atoms with van der Waals surface area (Å²) in [6, 6.07) is 0. The van der Waals surface area contributed by atoms with Crippen molar-refractivity contribution in [2.75, 3.05) is 0 Å². The van der Waals surface area contributed by atoms with E-state index >= 15 is 0 Å². The molecule has 2 aliphatic carbocycles. The smallest absolute Gasteiger partial charge is 0.744 e. The summed E-state index contributed by atoms with van der Waals surface area (Å²) < 4.78 is 71.5. The first-order valence-electron chi connectivity index (χ1n) is 7.70. The molecule has 2 aliphatic rings. The number of nitrogens with zero attached hydrogens (tertiary/aromatic N) is 2. The van der Waals surface area contributed by atoms with Crippen LogP contribution in [0.1, 0.15) is 25.7 Å². The summed E-state index contributed by atoms with van der Waals surface area (Å²) in [5.74, 6) is 0. The fourth-order valence-corrected chi connectivity index (χ4v) is 5.32. The summed E-state index contributed by atoms with van der Waals surface area (Å²) in [7, 11) is -10.6. The molecule has 0 saturated carbocycles. The van der Waals surface area contributed by atoms with Crippen molar-refractivity contribution >= 4 is 55.0 Å². The zero-order valence-electron chi connectivity index (χ0n) is 16.1. The van der Waals surface area contributed by atoms with E-state index in [9.17, 15) is 25.9 Å². The van der Waals surface area contributed by atoms with Crippen LogP contribution in [0.2, 0.25) is 0 Å². The van der Waals surface area contributed by atoms with Crippen LogP contribution >= 0.6 is 24.4 Å². The van der Waals surface area contributed by atoms with Gasteiger partial charge in [0.15, 0.2) is 0 Å². The zero-order chi connectivity index (χ0) is 20.9. The molecule has 30 heavy (non-hydrogen) atoms. The van der Waals surface area contributed by atoms with Crippen molar-refractivity contribution in [1.29, 1.82) is 0 Å². The standard InChI is InChI=1S/C16H14N2O6S4.2Na/c19-27(20,21)15(11-1-5-13(6-2-11)17-9-25)16(28(22,23)24)12-3-7-14(8-4-12)18-10-26;;/h1,3,5,7H,2,4,6,8H2,(H,19,20,21)(H,22,23,24);;/q;2*+1/p-2. The zero-order valence-corrected chi connectivity index (χ0v) is 23.4. The Hall–Kier alpha value is 0.120. The van der Waals surface area contributed by atoms with Crippen LogP contribution < -0.4 is 59.1 Å². The fourth-order valence-electron chi connectivity index (χ4n) is 2.77. The van der Waals surface area contributed by atoms with E-state index in [0.29, 0.717) is 11.4 Å². The van der Waals surface area contributed by atoms with Crippen LogP contribution in [0.15, 0.2) is 66.6 Å². The van der Waals surface area contributed by atoms with Crippen LogP contribution in [0, 0.1) is 0 Å². The number of isothiocyanates is 2. The molecule has 0 atom stereocenters. The molecule has 0 fully saturated rings. The third-order valence-corrected chi connectivity index (χ3v) is 6.17. The van der Waals surface area contributed by atoms with Gasteiger partial charge >= 0.3 is 59.1 Å². The molecule has 0 radical (unpaired) electrons. The largest absolute Gasteiger partial charge is 1.00 e. The summed E-state index contributed by atoms with van der Waals surface area (Å²) in [4.78, 5) is 5.45. The van der Waals surface area contributed by atoms with E-state index in [-0.39, 0.29) is 95.9 Å². The van der Waals surface area contributed by atoms with Gasteiger partial charge in [0.25, 0.3) is 0 Å². The van der Waals surface area contributed by atoms with Gasteiger partial charge in [-0.25, -0.2) is 16.8 Å². The quantitative estimate of drug-likeness (QED) is 0.159. The fraction of sp³-hybridized carbons (Fsp3) is 0.250. The number of hydrogen-bond donors (Lipinski definition) is 0. The Morgan fingerprint density at radius 1 is 0.733 bits per heavy atom. The molecule has 0 unspecified atom stereocenters. The van der Waals surface area contributed by atoms with Gasteiger partial charge < -0.3 is 9.11 Å². The molecule has 8 nitrogen and oxygen atoms in total. The Bertz CT molecular complexity index is 1080. The summed E-state index contributed by atoms with van der Waals surface area (Å²) >= 11 is 8.98. The average Bonchev–Trinajstić information content (AvgIpc) is 2.60. The number of allylic oxidation sites excluding steroid dienone is 8. The maximum Gasteiger partial charge on any atom is 1.00 e. The molecule has 0 heterocycles.